The van der Waals surface area contributed by atoms with Crippen LogP contribution < -0.4 is 15.0 Å². The Bertz CT molecular complexity index is 1360. The molecule has 5 nitrogen and oxygen atoms in total. The van der Waals surface area contributed by atoms with Crippen molar-refractivity contribution in [2.24, 2.45) is 0 Å². The van der Waals surface area contributed by atoms with E-state index >= 15 is 0 Å². The smallest absolute Gasteiger partial charge is 0.275 e. The molecule has 1 aliphatic heterocycles. The van der Waals surface area contributed by atoms with E-state index in [0.717, 1.165) is 33.2 Å². The second-order valence-corrected chi connectivity index (χ2v) is 8.34. The third-order valence-corrected chi connectivity index (χ3v) is 6.31. The number of benzene rings is 2. The van der Waals surface area contributed by atoms with E-state index in [-0.39, 0.29) is 11.5 Å². The quantitative estimate of drug-likeness (QED) is 0.481. The van der Waals surface area contributed by atoms with Gasteiger partial charge < -0.3 is 4.90 Å². The predicted molar refractivity (Wildman–Crippen MR) is 111 cm³/mol. The maximum Gasteiger partial charge on any atom is 0.275 e. The molecule has 1 aliphatic rings. The zero-order valence-electron chi connectivity index (χ0n) is 14.4. The van der Waals surface area contributed by atoms with Crippen LogP contribution in [0.4, 0.5) is 5.69 Å². The van der Waals surface area contributed by atoms with Gasteiger partial charge in [0.2, 0.25) is 0 Å². The Morgan fingerprint density at radius 2 is 1.96 bits per heavy atom. The van der Waals surface area contributed by atoms with Gasteiger partial charge in [-0.05, 0) is 36.8 Å². The zero-order valence-corrected chi connectivity index (χ0v) is 16.8. The first-order chi connectivity index (χ1) is 13.1. The third-order valence-electron chi connectivity index (χ3n) is 4.77. The van der Waals surface area contributed by atoms with Gasteiger partial charge in [-0.3, -0.25) is 9.59 Å². The summed E-state index contributed by atoms with van der Waals surface area (Å²) in [7, 11) is 0. The number of rotatable bonds is 2. The second kappa shape index (κ2) is 6.00. The van der Waals surface area contributed by atoms with Crippen molar-refractivity contribution in [2.45, 2.75) is 13.3 Å². The van der Waals surface area contributed by atoms with Crippen molar-refractivity contribution in [3.05, 3.63) is 67.4 Å². The molecule has 0 fully saturated rings. The van der Waals surface area contributed by atoms with Gasteiger partial charge in [-0.2, -0.15) is 0 Å². The average molecular weight is 440 g/mol. The number of para-hydroxylation sites is 2. The Morgan fingerprint density at radius 3 is 2.78 bits per heavy atom. The summed E-state index contributed by atoms with van der Waals surface area (Å²) in [6.45, 7) is 2.66. The van der Waals surface area contributed by atoms with E-state index in [1.165, 1.54) is 11.3 Å². The normalized spacial score (nSPS) is 15.9. The van der Waals surface area contributed by atoms with Gasteiger partial charge >= 0.3 is 0 Å². The second-order valence-electron chi connectivity index (χ2n) is 6.45. The number of thiazole rings is 1. The summed E-state index contributed by atoms with van der Waals surface area (Å²) in [6, 6.07) is 13.3. The SMILES string of the molecule is CCCN1C(=O)C(=c2sc3nc4ccccc4n3c2=O)c2cc(Br)ccc21. The van der Waals surface area contributed by atoms with Gasteiger partial charge in [-0.15, -0.1) is 0 Å². The Morgan fingerprint density at radius 1 is 1.15 bits per heavy atom. The lowest BCUT2D eigenvalue weighted by Gasteiger charge is -2.15. The van der Waals surface area contributed by atoms with Crippen LogP contribution in [0.5, 0.6) is 0 Å². The minimum absolute atomic E-state index is 0.115. The summed E-state index contributed by atoms with van der Waals surface area (Å²) < 4.78 is 2.94. The molecule has 0 unspecified atom stereocenters. The lowest BCUT2D eigenvalue weighted by atomic mass is 10.1. The van der Waals surface area contributed by atoms with Crippen LogP contribution in [-0.2, 0) is 4.79 Å². The fraction of sp³-hybridized carbons (Fsp3) is 0.150. The first kappa shape index (κ1) is 16.6. The Hall–Kier alpha value is -2.51. The van der Waals surface area contributed by atoms with Crippen molar-refractivity contribution in [1.82, 2.24) is 9.38 Å². The summed E-state index contributed by atoms with van der Waals surface area (Å²) in [5.74, 6) is -0.115. The minimum Gasteiger partial charge on any atom is -0.308 e. The van der Waals surface area contributed by atoms with Crippen LogP contribution >= 0.6 is 27.3 Å². The fourth-order valence-electron chi connectivity index (χ4n) is 3.63. The van der Waals surface area contributed by atoms with Gasteiger partial charge in [-0.1, -0.05) is 46.3 Å². The first-order valence-corrected chi connectivity index (χ1v) is 10.3. The highest BCUT2D eigenvalue weighted by molar-refractivity contribution is 9.10. The van der Waals surface area contributed by atoms with E-state index in [0.29, 0.717) is 21.6 Å². The van der Waals surface area contributed by atoms with Gasteiger partial charge in [0.1, 0.15) is 4.53 Å². The molecule has 0 spiro atoms. The van der Waals surface area contributed by atoms with Gasteiger partial charge in [0.05, 0.1) is 22.3 Å². The van der Waals surface area contributed by atoms with Gasteiger partial charge in [0.25, 0.3) is 11.5 Å². The minimum atomic E-state index is -0.184. The van der Waals surface area contributed by atoms with E-state index in [1.807, 2.05) is 49.4 Å². The summed E-state index contributed by atoms with van der Waals surface area (Å²) in [6.07, 6.45) is 0.844. The lowest BCUT2D eigenvalue weighted by molar-refractivity contribution is -0.113. The highest BCUT2D eigenvalue weighted by Gasteiger charge is 2.34. The summed E-state index contributed by atoms with van der Waals surface area (Å²) in [5.41, 5.74) is 3.50. The van der Waals surface area contributed by atoms with Crippen LogP contribution in [0.15, 0.2) is 51.7 Å². The van der Waals surface area contributed by atoms with E-state index in [4.69, 9.17) is 0 Å². The number of aromatic nitrogens is 2. The maximum atomic E-state index is 13.2. The van der Waals surface area contributed by atoms with Crippen LogP contribution in [0, 0.1) is 0 Å². The van der Waals surface area contributed by atoms with E-state index in [1.54, 1.807) is 9.30 Å². The van der Waals surface area contributed by atoms with Gasteiger partial charge in [0.15, 0.2) is 4.96 Å². The number of halogens is 1. The van der Waals surface area contributed by atoms with Gasteiger partial charge in [-0.25, -0.2) is 9.38 Å². The average Bonchev–Trinajstić information content (AvgIpc) is 3.25. The Labute approximate surface area is 166 Å². The monoisotopic (exact) mass is 439 g/mol. The first-order valence-electron chi connectivity index (χ1n) is 8.66. The van der Waals surface area contributed by atoms with Crippen molar-refractivity contribution < 1.29 is 4.79 Å². The number of carbonyl (C=O) groups excluding carboxylic acids is 1. The van der Waals surface area contributed by atoms with Crippen LogP contribution in [-0.4, -0.2) is 21.8 Å². The summed E-state index contributed by atoms with van der Waals surface area (Å²) in [5, 5.41) is 0. The number of amides is 1. The zero-order chi connectivity index (χ0) is 18.7. The number of anilines is 1. The molecule has 0 saturated carbocycles. The molecule has 3 heterocycles. The molecule has 2 aromatic carbocycles. The maximum absolute atomic E-state index is 13.2. The summed E-state index contributed by atoms with van der Waals surface area (Å²) >= 11 is 4.77. The Kier molecular flexibility index (Phi) is 3.70. The van der Waals surface area contributed by atoms with E-state index in [2.05, 4.69) is 20.9 Å². The molecule has 4 aromatic rings. The van der Waals surface area contributed by atoms with Crippen LogP contribution in [0.3, 0.4) is 0 Å². The largest absolute Gasteiger partial charge is 0.308 e. The van der Waals surface area contributed by atoms with Crippen molar-refractivity contribution in [1.29, 1.82) is 0 Å². The molecule has 0 atom stereocenters. The van der Waals surface area contributed by atoms with Crippen molar-refractivity contribution in [3.63, 3.8) is 0 Å². The highest BCUT2D eigenvalue weighted by atomic mass is 79.9. The Balaban J connectivity index is 1.89. The van der Waals surface area contributed by atoms with E-state index in [9.17, 15) is 9.59 Å². The number of hydrogen-bond acceptors (Lipinski definition) is 4. The number of fused-ring (bicyclic) bond motifs is 4. The standard InChI is InChI=1S/C20H14BrN3O2S/c1-2-9-23-14-8-7-11(21)10-12(14)16(18(23)25)17-19(26)24-15-6-4-3-5-13(15)22-20(24)27-17/h3-8,10H,2,9H2,1H3. The molecule has 0 bridgehead atoms. The van der Waals surface area contributed by atoms with Crippen LogP contribution in [0.25, 0.3) is 21.6 Å². The molecule has 0 N–H and O–H groups in total. The van der Waals surface area contributed by atoms with Gasteiger partial charge in [0, 0.05) is 16.6 Å². The molecule has 7 heteroatoms. The number of nitrogens with zero attached hydrogens (tertiary/aromatic N) is 3. The van der Waals surface area contributed by atoms with Crippen molar-refractivity contribution in [2.75, 3.05) is 11.4 Å². The topological polar surface area (TPSA) is 54.7 Å². The highest BCUT2D eigenvalue weighted by Crippen LogP contribution is 2.37. The summed E-state index contributed by atoms with van der Waals surface area (Å²) in [4.78, 5) is 33.3. The molecule has 5 rings (SSSR count). The van der Waals surface area contributed by atoms with Crippen LogP contribution in [0.2, 0.25) is 0 Å². The number of imidazole rings is 1. The fourth-order valence-corrected chi connectivity index (χ4v) is 5.07. The van der Waals surface area contributed by atoms with E-state index < -0.39 is 0 Å². The molecule has 0 aliphatic carbocycles. The molecule has 0 saturated heterocycles. The predicted octanol–water partition coefficient (Wildman–Crippen LogP) is 3.35. The number of carbonyl (C=O) groups is 1. The molecular weight excluding hydrogens is 426 g/mol. The molecular formula is C20H14BrN3O2S. The van der Waals surface area contributed by atoms with Crippen molar-refractivity contribution >= 4 is 60.4 Å². The number of hydrogen-bond donors (Lipinski definition) is 0. The lowest BCUT2D eigenvalue weighted by Crippen LogP contribution is -2.32. The molecule has 1 amide bonds. The van der Waals surface area contributed by atoms with Crippen molar-refractivity contribution in [3.8, 4) is 0 Å². The molecule has 2 aromatic heterocycles. The third kappa shape index (κ3) is 2.31. The molecule has 27 heavy (non-hydrogen) atoms. The molecule has 134 valence electrons. The van der Waals surface area contributed by atoms with Crippen LogP contribution in [0.1, 0.15) is 18.9 Å². The molecule has 0 radical (unpaired) electrons.